The van der Waals surface area contributed by atoms with Gasteiger partial charge in [-0.15, -0.1) is 8.67 Å². The molecule has 1 aliphatic carbocycles. The zero-order valence-corrected chi connectivity index (χ0v) is 39.9. The third-order valence-corrected chi connectivity index (χ3v) is 15.9. The minimum atomic E-state index is -4.88. The number of rotatable bonds is 20. The fraction of sp³-hybridized carbons (Fsp3) is 0.350. The minimum Gasteiger partial charge on any atom is -0.344 e. The van der Waals surface area contributed by atoms with Gasteiger partial charge in [0, 0.05) is 49.3 Å². The van der Waals surface area contributed by atoms with Crippen LogP contribution in [0.4, 0.5) is 5.69 Å². The highest BCUT2D eigenvalue weighted by atomic mass is 32.2. The Balaban J connectivity index is 1.54. The van der Waals surface area contributed by atoms with Crippen LogP contribution in [0.1, 0.15) is 76.5 Å². The molecule has 1 aliphatic heterocycles. The van der Waals surface area contributed by atoms with Crippen LogP contribution in [0.15, 0.2) is 97.6 Å². The molecule has 0 saturated heterocycles. The first-order valence-electron chi connectivity index (χ1n) is 19.5. The number of nitrogens with zero attached hydrogens (tertiary/aromatic N) is 1. The van der Waals surface area contributed by atoms with Crippen molar-refractivity contribution >= 4 is 97.4 Å². The molecule has 19 nitrogen and oxygen atoms in total. The molecular formula is C40H45NO18S6. The number of fused-ring (bicyclic) bond motifs is 6. The molecule has 0 spiro atoms. The smallest absolute Gasteiger partial charge is 0.295 e. The molecule has 1 heterocycles. The molecule has 4 aromatic carbocycles. The SMILES string of the molecule is CC1(C)C(C=C/C=C2/N(CCCCS(=O)(=O)O)c3ccc4cc(S(=O)(=O)O)cc(SOOO)c4c3C2(C)C)=C(CCCCS(=O)(=O)O)c2ccc3cc(SOOO)cc(S(=O)(=O)O)c3c21. The summed E-state index contributed by atoms with van der Waals surface area (Å²) in [4.78, 5) is 1.39. The zero-order valence-electron chi connectivity index (χ0n) is 35.0. The van der Waals surface area contributed by atoms with E-state index < -0.39 is 72.6 Å². The summed E-state index contributed by atoms with van der Waals surface area (Å²) < 4.78 is 146. The van der Waals surface area contributed by atoms with E-state index >= 15 is 0 Å². The predicted molar refractivity (Wildman–Crippen MR) is 242 cm³/mol. The summed E-state index contributed by atoms with van der Waals surface area (Å²) in [5, 5.41) is 26.7. The maximum atomic E-state index is 13.0. The molecule has 6 N–H and O–H groups in total. The average molecular weight is 1020 g/mol. The zero-order chi connectivity index (χ0) is 47.9. The topological polar surface area (TPSA) is 298 Å². The summed E-state index contributed by atoms with van der Waals surface area (Å²) in [6.07, 6.45) is 6.53. The molecule has 0 aromatic heterocycles. The van der Waals surface area contributed by atoms with E-state index in [0.717, 1.165) is 11.6 Å². The first-order chi connectivity index (χ1) is 30.2. The van der Waals surface area contributed by atoms with Gasteiger partial charge in [-0.2, -0.15) is 33.7 Å². The first kappa shape index (κ1) is 50.9. The molecular weight excluding hydrogens is 975 g/mol. The molecule has 25 heteroatoms. The van der Waals surface area contributed by atoms with Gasteiger partial charge in [-0.3, -0.25) is 18.2 Å². The maximum absolute atomic E-state index is 13.0. The van der Waals surface area contributed by atoms with E-state index in [1.807, 2.05) is 44.7 Å². The van der Waals surface area contributed by atoms with Crippen molar-refractivity contribution < 1.29 is 81.1 Å². The van der Waals surface area contributed by atoms with E-state index in [1.165, 1.54) is 12.1 Å². The van der Waals surface area contributed by atoms with Crippen molar-refractivity contribution in [2.45, 2.75) is 90.2 Å². The van der Waals surface area contributed by atoms with Crippen molar-refractivity contribution in [1.29, 1.82) is 0 Å². The molecule has 354 valence electrons. The van der Waals surface area contributed by atoms with Gasteiger partial charge < -0.3 is 4.90 Å². The van der Waals surface area contributed by atoms with Gasteiger partial charge in [0.15, 0.2) is 0 Å². The fourth-order valence-electron chi connectivity index (χ4n) is 8.87. The van der Waals surface area contributed by atoms with Crippen LogP contribution < -0.4 is 4.90 Å². The molecule has 6 rings (SSSR count). The van der Waals surface area contributed by atoms with Crippen molar-refractivity contribution in [2.24, 2.45) is 0 Å². The largest absolute Gasteiger partial charge is 0.344 e. The summed E-state index contributed by atoms with van der Waals surface area (Å²) in [5.41, 5.74) is 2.70. The lowest BCUT2D eigenvalue weighted by Crippen LogP contribution is -2.27. The van der Waals surface area contributed by atoms with Crippen LogP contribution in [0.3, 0.4) is 0 Å². The monoisotopic (exact) mass is 1020 g/mol. The van der Waals surface area contributed by atoms with Gasteiger partial charge in [0.25, 0.3) is 40.5 Å². The van der Waals surface area contributed by atoms with Crippen molar-refractivity contribution in [1.82, 2.24) is 0 Å². The highest BCUT2D eigenvalue weighted by Gasteiger charge is 2.43. The third-order valence-electron chi connectivity index (χ3n) is 11.4. The van der Waals surface area contributed by atoms with Gasteiger partial charge in [0.2, 0.25) is 0 Å². The normalized spacial score (nSPS) is 17.0. The number of benzene rings is 4. The summed E-state index contributed by atoms with van der Waals surface area (Å²) in [7, 11) is -18.1. The van der Waals surface area contributed by atoms with Crippen molar-refractivity contribution in [3.05, 3.63) is 94.7 Å². The second-order valence-corrected chi connectivity index (χ2v) is 23.8. The van der Waals surface area contributed by atoms with E-state index in [-0.39, 0.29) is 34.6 Å². The lowest BCUT2D eigenvalue weighted by Gasteiger charge is -2.27. The number of unbranched alkanes of at least 4 members (excludes halogenated alkanes) is 2. The Bertz CT molecular complexity index is 3090. The molecule has 0 radical (unpaired) electrons. The van der Waals surface area contributed by atoms with E-state index in [1.54, 1.807) is 36.4 Å². The fourth-order valence-corrected chi connectivity index (χ4v) is 12.5. The Labute approximate surface area is 384 Å². The van der Waals surface area contributed by atoms with Gasteiger partial charge in [-0.1, -0.05) is 68.1 Å². The first-order valence-corrected chi connectivity index (χ1v) is 27.1. The molecule has 4 aromatic rings. The molecule has 0 amide bonds. The van der Waals surface area contributed by atoms with Crippen LogP contribution >= 0.6 is 24.1 Å². The number of allylic oxidation sites excluding steroid dienone is 6. The van der Waals surface area contributed by atoms with Crippen molar-refractivity contribution in [2.75, 3.05) is 23.0 Å². The van der Waals surface area contributed by atoms with Crippen LogP contribution in [-0.2, 0) is 70.0 Å². The van der Waals surface area contributed by atoms with Crippen LogP contribution in [0.2, 0.25) is 0 Å². The summed E-state index contributed by atoms with van der Waals surface area (Å²) >= 11 is 0.998. The van der Waals surface area contributed by atoms with Crippen LogP contribution in [-0.4, -0.2) is 80.4 Å². The predicted octanol–water partition coefficient (Wildman–Crippen LogP) is 8.35. The standard InChI is InChI=1S/C40H45NO18S6/c1-39(2)30(28(10-5-7-18-62(44,45)46)29-15-13-24-20-26(60-58-56-42)22-33(65(53,54)55)36(24)37(29)39)11-9-12-34-40(3,4)38-31(41(34)17-6-8-19-63(47,48)49)16-14-25-21-27(64(50,51)52)23-32(35(25)38)61-59-57-43/h9,11-16,20-23,42-43H,5-8,10,17-19H2,1-4H3,(H,44,45,46)(H,47,48,49)(H,50,51,52)(H,53,54,55)/b11-9?,34-12+. The van der Waals surface area contributed by atoms with Crippen LogP contribution in [0, 0.1) is 0 Å². The summed E-state index contributed by atoms with van der Waals surface area (Å²) in [6, 6.07) is 12.0. The van der Waals surface area contributed by atoms with E-state index in [2.05, 4.69) is 14.4 Å². The summed E-state index contributed by atoms with van der Waals surface area (Å²) in [5.74, 6) is -0.972. The molecule has 0 saturated carbocycles. The Morgan fingerprint density at radius 2 is 1.29 bits per heavy atom. The maximum Gasteiger partial charge on any atom is 0.295 e. The Morgan fingerprint density at radius 1 is 0.677 bits per heavy atom. The Morgan fingerprint density at radius 3 is 1.91 bits per heavy atom. The van der Waals surface area contributed by atoms with Gasteiger partial charge in [0.05, 0.1) is 40.5 Å². The van der Waals surface area contributed by atoms with E-state index in [9.17, 15) is 51.9 Å². The highest BCUT2D eigenvalue weighted by Crippen LogP contribution is 2.55. The van der Waals surface area contributed by atoms with Gasteiger partial charge in [-0.25, -0.2) is 10.5 Å². The van der Waals surface area contributed by atoms with Gasteiger partial charge >= 0.3 is 0 Å². The van der Waals surface area contributed by atoms with E-state index in [0.29, 0.717) is 93.2 Å². The molecule has 0 bridgehead atoms. The van der Waals surface area contributed by atoms with Gasteiger partial charge in [-0.05, 0) is 107 Å². The average Bonchev–Trinajstić information content (AvgIpc) is 3.55. The highest BCUT2D eigenvalue weighted by molar-refractivity contribution is 7.95. The minimum absolute atomic E-state index is 0.102. The molecule has 0 atom stereocenters. The second kappa shape index (κ2) is 19.3. The third kappa shape index (κ3) is 11.1. The number of hydrogen-bond acceptors (Lipinski definition) is 17. The molecule has 2 aliphatic rings. The van der Waals surface area contributed by atoms with Crippen LogP contribution in [0.5, 0.6) is 0 Å². The molecule has 65 heavy (non-hydrogen) atoms. The number of hydrogen-bond donors (Lipinski definition) is 6. The number of anilines is 1. The molecule has 0 unspecified atom stereocenters. The van der Waals surface area contributed by atoms with Crippen molar-refractivity contribution in [3.63, 3.8) is 0 Å². The van der Waals surface area contributed by atoms with E-state index in [4.69, 9.17) is 14.8 Å². The van der Waals surface area contributed by atoms with Gasteiger partial charge in [0.1, 0.15) is 4.90 Å². The second-order valence-electron chi connectivity index (χ2n) is 16.3. The Kier molecular flexibility index (Phi) is 15.1. The van der Waals surface area contributed by atoms with Crippen LogP contribution in [0.25, 0.3) is 27.1 Å². The Hall–Kier alpha value is -3.48. The quantitative estimate of drug-likeness (QED) is 0.0159. The summed E-state index contributed by atoms with van der Waals surface area (Å²) in [6.45, 7) is 7.78. The van der Waals surface area contributed by atoms with Crippen molar-refractivity contribution in [3.8, 4) is 0 Å². The lowest BCUT2D eigenvalue weighted by molar-refractivity contribution is -0.432. The molecule has 0 fully saturated rings. The lowest BCUT2D eigenvalue weighted by atomic mass is 9.78.